The molecule has 2 aromatic rings. The number of carbonyl (C=O) groups excluding carboxylic acids is 1. The van der Waals surface area contributed by atoms with Crippen LogP contribution in [0.5, 0.6) is 5.75 Å². The van der Waals surface area contributed by atoms with E-state index in [2.05, 4.69) is 9.46 Å². The normalized spacial score (nSPS) is 11.0. The third kappa shape index (κ3) is 3.80. The van der Waals surface area contributed by atoms with Crippen molar-refractivity contribution in [2.24, 2.45) is 0 Å². The third-order valence-electron chi connectivity index (χ3n) is 3.29. The van der Waals surface area contributed by atoms with Crippen molar-refractivity contribution in [2.75, 3.05) is 18.9 Å². The number of methoxy groups -OCH3 is 2. The van der Waals surface area contributed by atoms with Gasteiger partial charge in [0.15, 0.2) is 0 Å². The molecular formula is C16H16ClNO5S. The summed E-state index contributed by atoms with van der Waals surface area (Å²) in [6.07, 6.45) is 0. The molecule has 6 nitrogen and oxygen atoms in total. The fourth-order valence-electron chi connectivity index (χ4n) is 2.02. The lowest BCUT2D eigenvalue weighted by atomic mass is 10.2. The van der Waals surface area contributed by atoms with Crippen LogP contribution in [0.2, 0.25) is 5.02 Å². The van der Waals surface area contributed by atoms with Gasteiger partial charge in [-0.3, -0.25) is 4.72 Å². The number of sulfonamides is 1. The Hall–Kier alpha value is -2.25. The summed E-state index contributed by atoms with van der Waals surface area (Å²) in [5.41, 5.74) is 1.08. The summed E-state index contributed by atoms with van der Waals surface area (Å²) in [4.78, 5) is 11.5. The molecule has 0 bridgehead atoms. The summed E-state index contributed by atoms with van der Waals surface area (Å²) in [6.45, 7) is 1.75. The maximum atomic E-state index is 12.6. The number of hydrogen-bond donors (Lipinski definition) is 1. The second-order valence-electron chi connectivity index (χ2n) is 4.93. The number of rotatable bonds is 5. The highest BCUT2D eigenvalue weighted by Gasteiger charge is 2.19. The molecule has 2 rings (SSSR count). The summed E-state index contributed by atoms with van der Waals surface area (Å²) < 4.78 is 37.4. The Balaban J connectivity index is 2.43. The van der Waals surface area contributed by atoms with Gasteiger partial charge in [0.1, 0.15) is 5.75 Å². The van der Waals surface area contributed by atoms with Crippen molar-refractivity contribution in [3.8, 4) is 5.75 Å². The number of anilines is 1. The maximum absolute atomic E-state index is 12.6. The quantitative estimate of drug-likeness (QED) is 0.818. The van der Waals surface area contributed by atoms with Gasteiger partial charge in [-0.25, -0.2) is 13.2 Å². The van der Waals surface area contributed by atoms with Gasteiger partial charge in [0, 0.05) is 11.1 Å². The smallest absolute Gasteiger partial charge is 0.337 e. The van der Waals surface area contributed by atoms with E-state index in [1.165, 1.54) is 44.6 Å². The average Bonchev–Trinajstić information content (AvgIpc) is 2.57. The largest absolute Gasteiger partial charge is 0.495 e. The molecule has 0 heterocycles. The SMILES string of the molecule is COC(=O)c1cccc(S(=O)(=O)Nc2cc(C)c(Cl)cc2OC)c1. The van der Waals surface area contributed by atoms with Crippen molar-refractivity contribution in [2.45, 2.75) is 11.8 Å². The first kappa shape index (κ1) is 18.1. The summed E-state index contributed by atoms with van der Waals surface area (Å²) in [7, 11) is -1.28. The zero-order valence-corrected chi connectivity index (χ0v) is 14.9. The Kier molecular flexibility index (Phi) is 5.36. The first-order valence-corrected chi connectivity index (χ1v) is 8.70. The van der Waals surface area contributed by atoms with Gasteiger partial charge in [-0.05, 0) is 36.8 Å². The molecule has 24 heavy (non-hydrogen) atoms. The monoisotopic (exact) mass is 369 g/mol. The highest BCUT2D eigenvalue weighted by Crippen LogP contribution is 2.32. The van der Waals surface area contributed by atoms with Gasteiger partial charge < -0.3 is 9.47 Å². The minimum Gasteiger partial charge on any atom is -0.495 e. The van der Waals surface area contributed by atoms with Crippen molar-refractivity contribution >= 4 is 33.3 Å². The molecule has 0 aliphatic rings. The second-order valence-corrected chi connectivity index (χ2v) is 7.02. The van der Waals surface area contributed by atoms with Crippen LogP contribution in [0.25, 0.3) is 0 Å². The van der Waals surface area contributed by atoms with E-state index in [4.69, 9.17) is 16.3 Å². The first-order chi connectivity index (χ1) is 11.3. The summed E-state index contributed by atoms with van der Waals surface area (Å²) in [5, 5.41) is 0.461. The van der Waals surface area contributed by atoms with E-state index in [1.54, 1.807) is 13.0 Å². The fourth-order valence-corrected chi connectivity index (χ4v) is 3.28. The van der Waals surface area contributed by atoms with Gasteiger partial charge in [-0.15, -0.1) is 0 Å². The Morgan fingerprint density at radius 1 is 1.17 bits per heavy atom. The molecule has 2 aromatic carbocycles. The van der Waals surface area contributed by atoms with Crippen molar-refractivity contribution in [1.82, 2.24) is 0 Å². The van der Waals surface area contributed by atoms with Crippen LogP contribution >= 0.6 is 11.6 Å². The Morgan fingerprint density at radius 2 is 1.88 bits per heavy atom. The highest BCUT2D eigenvalue weighted by molar-refractivity contribution is 7.92. The van der Waals surface area contributed by atoms with Crippen LogP contribution in [-0.4, -0.2) is 28.6 Å². The summed E-state index contributed by atoms with van der Waals surface area (Å²) >= 11 is 6.02. The van der Waals surface area contributed by atoms with E-state index >= 15 is 0 Å². The molecule has 0 amide bonds. The number of carbonyl (C=O) groups is 1. The van der Waals surface area contributed by atoms with Crippen molar-refractivity contribution in [1.29, 1.82) is 0 Å². The van der Waals surface area contributed by atoms with E-state index in [-0.39, 0.29) is 16.1 Å². The molecule has 0 radical (unpaired) electrons. The average molecular weight is 370 g/mol. The van der Waals surface area contributed by atoms with Gasteiger partial charge in [0.25, 0.3) is 10.0 Å². The standard InChI is InChI=1S/C16H16ClNO5S/c1-10-7-14(15(22-2)9-13(10)17)18-24(20,21)12-6-4-5-11(8-12)16(19)23-3/h4-9,18H,1-3H3. The van der Waals surface area contributed by atoms with Crippen LogP contribution in [0.1, 0.15) is 15.9 Å². The second kappa shape index (κ2) is 7.11. The lowest BCUT2D eigenvalue weighted by molar-refractivity contribution is 0.0600. The number of ether oxygens (including phenoxy) is 2. The van der Waals surface area contributed by atoms with E-state index in [1.807, 2.05) is 0 Å². The van der Waals surface area contributed by atoms with Crippen LogP contribution < -0.4 is 9.46 Å². The molecular weight excluding hydrogens is 354 g/mol. The zero-order valence-electron chi connectivity index (χ0n) is 13.3. The molecule has 0 aliphatic heterocycles. The van der Waals surface area contributed by atoms with Gasteiger partial charge in [-0.1, -0.05) is 17.7 Å². The fraction of sp³-hybridized carbons (Fsp3) is 0.188. The summed E-state index contributed by atoms with van der Waals surface area (Å²) in [5.74, 6) is -0.328. The molecule has 0 saturated heterocycles. The number of esters is 1. The predicted octanol–water partition coefficient (Wildman–Crippen LogP) is 3.24. The molecule has 0 aromatic heterocycles. The van der Waals surface area contributed by atoms with Crippen LogP contribution in [0, 0.1) is 6.92 Å². The Morgan fingerprint density at radius 3 is 2.50 bits per heavy atom. The topological polar surface area (TPSA) is 81.7 Å². The minimum absolute atomic E-state index is 0.0694. The molecule has 0 fully saturated rings. The first-order valence-electron chi connectivity index (χ1n) is 6.84. The molecule has 128 valence electrons. The Bertz CT molecular complexity index is 880. The molecule has 8 heteroatoms. The number of benzene rings is 2. The number of nitrogens with one attached hydrogen (secondary N) is 1. The minimum atomic E-state index is -3.92. The van der Waals surface area contributed by atoms with Crippen molar-refractivity contribution in [3.63, 3.8) is 0 Å². The number of halogens is 1. The van der Waals surface area contributed by atoms with E-state index < -0.39 is 16.0 Å². The van der Waals surface area contributed by atoms with Gasteiger partial charge in [0.05, 0.1) is 30.4 Å². The van der Waals surface area contributed by atoms with Crippen LogP contribution in [0.4, 0.5) is 5.69 Å². The lowest BCUT2D eigenvalue weighted by Gasteiger charge is -2.14. The zero-order chi connectivity index (χ0) is 17.9. The molecule has 0 atom stereocenters. The Labute approximate surface area is 145 Å². The van der Waals surface area contributed by atoms with Gasteiger partial charge in [-0.2, -0.15) is 0 Å². The van der Waals surface area contributed by atoms with Crippen LogP contribution in [-0.2, 0) is 14.8 Å². The van der Waals surface area contributed by atoms with Crippen molar-refractivity contribution < 1.29 is 22.7 Å². The number of hydrogen-bond acceptors (Lipinski definition) is 5. The third-order valence-corrected chi connectivity index (χ3v) is 5.06. The molecule has 0 aliphatic carbocycles. The van der Waals surface area contributed by atoms with E-state index in [0.717, 1.165) is 0 Å². The van der Waals surface area contributed by atoms with Crippen LogP contribution in [0.3, 0.4) is 0 Å². The van der Waals surface area contributed by atoms with Gasteiger partial charge in [0.2, 0.25) is 0 Å². The van der Waals surface area contributed by atoms with E-state index in [0.29, 0.717) is 16.3 Å². The molecule has 0 spiro atoms. The number of aryl methyl sites for hydroxylation is 1. The summed E-state index contributed by atoms with van der Waals surface area (Å²) in [6, 6.07) is 8.65. The lowest BCUT2D eigenvalue weighted by Crippen LogP contribution is -2.14. The van der Waals surface area contributed by atoms with Gasteiger partial charge >= 0.3 is 5.97 Å². The molecule has 0 saturated carbocycles. The predicted molar refractivity (Wildman–Crippen MR) is 91.3 cm³/mol. The highest BCUT2D eigenvalue weighted by atomic mass is 35.5. The van der Waals surface area contributed by atoms with Crippen molar-refractivity contribution in [3.05, 3.63) is 52.5 Å². The molecule has 1 N–H and O–H groups in total. The molecule has 0 unspecified atom stereocenters. The van der Waals surface area contributed by atoms with Crippen LogP contribution in [0.15, 0.2) is 41.3 Å². The maximum Gasteiger partial charge on any atom is 0.337 e. The van der Waals surface area contributed by atoms with E-state index in [9.17, 15) is 13.2 Å².